The molecular weight excluding hydrogens is 496 g/mol. The second-order valence-corrected chi connectivity index (χ2v) is 10.9. The molecule has 1 amide bonds. The average Bonchev–Trinajstić information content (AvgIpc) is 3.30. The number of aromatic nitrogens is 2. The van der Waals surface area contributed by atoms with Crippen molar-refractivity contribution in [3.05, 3.63) is 70.9 Å². The van der Waals surface area contributed by atoms with Gasteiger partial charge >= 0.3 is 0 Å². The maximum absolute atomic E-state index is 12.9. The molecule has 3 aromatic rings. The first-order chi connectivity index (χ1) is 18.4. The summed E-state index contributed by atoms with van der Waals surface area (Å²) in [6.45, 7) is 14.3. The maximum Gasteiger partial charge on any atom is 0.251 e. The fourth-order valence-corrected chi connectivity index (χ4v) is 5.37. The summed E-state index contributed by atoms with van der Waals surface area (Å²) in [5.41, 5.74) is 4.95. The molecule has 6 nitrogen and oxygen atoms in total. The monoisotopic (exact) mass is 536 g/mol. The molecule has 1 N–H and O–H groups in total. The zero-order chi connectivity index (χ0) is 26.9. The molecule has 0 bridgehead atoms. The number of benzene rings is 2. The fourth-order valence-electron chi connectivity index (χ4n) is 5.25. The first-order valence-corrected chi connectivity index (χ1v) is 14.3. The number of fused-ring (bicyclic) bond motifs is 1. The second-order valence-electron chi connectivity index (χ2n) is 10.4. The van der Waals surface area contributed by atoms with Gasteiger partial charge in [-0.15, -0.1) is 0 Å². The van der Waals surface area contributed by atoms with E-state index in [1.54, 1.807) is 0 Å². The number of halogens is 1. The van der Waals surface area contributed by atoms with Crippen molar-refractivity contribution < 1.29 is 9.53 Å². The van der Waals surface area contributed by atoms with E-state index in [2.05, 4.69) is 34.6 Å². The van der Waals surface area contributed by atoms with Crippen LogP contribution in [0.15, 0.2) is 49.2 Å². The van der Waals surface area contributed by atoms with Crippen LogP contribution in [0.4, 0.5) is 0 Å². The van der Waals surface area contributed by atoms with Crippen LogP contribution in [0.25, 0.3) is 16.5 Å². The Hall–Kier alpha value is -2.67. The third-order valence-corrected chi connectivity index (χ3v) is 7.70. The number of nitrogens with zero attached hydrogens (tertiary/aromatic N) is 3. The number of hydrogen-bond acceptors (Lipinski definition) is 4. The van der Waals surface area contributed by atoms with Crippen molar-refractivity contribution >= 4 is 34.0 Å². The Labute approximate surface area is 232 Å². The minimum atomic E-state index is -0.0183. The van der Waals surface area contributed by atoms with Crippen molar-refractivity contribution in [2.24, 2.45) is 5.92 Å². The zero-order valence-corrected chi connectivity index (χ0v) is 23.6. The number of ether oxygens (including phenoxy) is 1. The summed E-state index contributed by atoms with van der Waals surface area (Å²) in [5, 5.41) is 9.71. The molecule has 1 atom stereocenters. The first-order valence-electron chi connectivity index (χ1n) is 13.9. The minimum Gasteiger partial charge on any atom is -0.379 e. The second kappa shape index (κ2) is 13.9. The van der Waals surface area contributed by atoms with Crippen LogP contribution in [0, 0.1) is 12.8 Å². The van der Waals surface area contributed by atoms with Crippen LogP contribution >= 0.6 is 11.6 Å². The average molecular weight is 537 g/mol. The molecule has 7 heteroatoms. The number of carbonyl (C=O) groups is 1. The predicted molar refractivity (Wildman–Crippen MR) is 157 cm³/mol. The van der Waals surface area contributed by atoms with Crippen LogP contribution in [0.5, 0.6) is 0 Å². The van der Waals surface area contributed by atoms with Gasteiger partial charge in [0.05, 0.1) is 18.7 Å². The summed E-state index contributed by atoms with van der Waals surface area (Å²) in [7, 11) is 0. The van der Waals surface area contributed by atoms with Crippen molar-refractivity contribution in [2.45, 2.75) is 52.5 Å². The standard InChI is InChI=1S/C31H41ClN4O2/c1-4-6-25(8-5-7-23(2)26-9-11-28(32)12-10-26)21-36-22-27-20-29(24(3)19-30(27)34-36)31(37)33-13-14-35-15-17-38-18-16-35/h9-12,19-20,22,25H,2,4-8,13-18,21H2,1,3H3,(H,33,37). The highest BCUT2D eigenvalue weighted by Gasteiger charge is 2.16. The van der Waals surface area contributed by atoms with Gasteiger partial charge in [-0.3, -0.25) is 14.4 Å². The highest BCUT2D eigenvalue weighted by atomic mass is 35.5. The lowest BCUT2D eigenvalue weighted by Crippen LogP contribution is -2.41. The molecule has 1 saturated heterocycles. The van der Waals surface area contributed by atoms with Gasteiger partial charge in [-0.1, -0.05) is 43.7 Å². The Morgan fingerprint density at radius 2 is 1.95 bits per heavy atom. The molecule has 1 aliphatic heterocycles. The molecule has 1 aromatic heterocycles. The largest absolute Gasteiger partial charge is 0.379 e. The molecule has 1 unspecified atom stereocenters. The van der Waals surface area contributed by atoms with Crippen LogP contribution < -0.4 is 5.32 Å². The van der Waals surface area contributed by atoms with E-state index >= 15 is 0 Å². The lowest BCUT2D eigenvalue weighted by molar-refractivity contribution is 0.0383. The molecule has 2 aromatic carbocycles. The van der Waals surface area contributed by atoms with Crippen LogP contribution in [-0.4, -0.2) is 60.0 Å². The summed E-state index contributed by atoms with van der Waals surface area (Å²) in [6.07, 6.45) is 7.62. The van der Waals surface area contributed by atoms with E-state index in [4.69, 9.17) is 21.4 Å². The number of hydrogen-bond donors (Lipinski definition) is 1. The van der Waals surface area contributed by atoms with Gasteiger partial charge in [0.15, 0.2) is 0 Å². The molecule has 2 heterocycles. The molecular formula is C31H41ClN4O2. The number of carbonyl (C=O) groups excluding carboxylic acids is 1. The first kappa shape index (κ1) is 28.3. The predicted octanol–water partition coefficient (Wildman–Crippen LogP) is 6.36. The number of rotatable bonds is 13. The van der Waals surface area contributed by atoms with Gasteiger partial charge in [0.25, 0.3) is 5.91 Å². The molecule has 0 aliphatic carbocycles. The Bertz CT molecular complexity index is 1210. The SMILES string of the molecule is C=C(CCCC(CCC)Cn1cc2cc(C(=O)NCCN3CCOCC3)c(C)cc2n1)c1ccc(Cl)cc1. The van der Waals surface area contributed by atoms with Gasteiger partial charge < -0.3 is 10.1 Å². The number of aryl methyl sites for hydroxylation is 1. The summed E-state index contributed by atoms with van der Waals surface area (Å²) in [5.74, 6) is 0.534. The van der Waals surface area contributed by atoms with Crippen molar-refractivity contribution in [3.8, 4) is 0 Å². The topological polar surface area (TPSA) is 59.4 Å². The van der Waals surface area contributed by atoms with E-state index in [-0.39, 0.29) is 5.91 Å². The van der Waals surface area contributed by atoms with Gasteiger partial charge in [0.2, 0.25) is 0 Å². The Kier molecular flexibility index (Phi) is 10.4. The Balaban J connectivity index is 1.32. The van der Waals surface area contributed by atoms with Gasteiger partial charge in [-0.2, -0.15) is 5.10 Å². The van der Waals surface area contributed by atoms with Crippen LogP contribution in [0.2, 0.25) is 5.02 Å². The van der Waals surface area contributed by atoms with Crippen LogP contribution in [0.1, 0.15) is 60.5 Å². The van der Waals surface area contributed by atoms with Crippen molar-refractivity contribution in [1.29, 1.82) is 0 Å². The fraction of sp³-hybridized carbons (Fsp3) is 0.484. The van der Waals surface area contributed by atoms with Crippen molar-refractivity contribution in [1.82, 2.24) is 20.0 Å². The maximum atomic E-state index is 12.9. The number of morpholine rings is 1. The number of allylic oxidation sites excluding steroid dienone is 1. The van der Waals surface area contributed by atoms with E-state index in [1.165, 1.54) is 6.42 Å². The van der Waals surface area contributed by atoms with E-state index in [9.17, 15) is 4.79 Å². The van der Waals surface area contributed by atoms with Crippen molar-refractivity contribution in [2.75, 3.05) is 39.4 Å². The molecule has 1 fully saturated rings. The van der Waals surface area contributed by atoms with Gasteiger partial charge in [0, 0.05) is 54.9 Å². The normalized spacial score (nSPS) is 15.0. The lowest BCUT2D eigenvalue weighted by Gasteiger charge is -2.26. The molecule has 0 saturated carbocycles. The van der Waals surface area contributed by atoms with E-state index in [1.807, 2.05) is 43.3 Å². The molecule has 4 rings (SSSR count). The summed E-state index contributed by atoms with van der Waals surface area (Å²) in [6, 6.07) is 12.0. The molecule has 204 valence electrons. The summed E-state index contributed by atoms with van der Waals surface area (Å²) in [4.78, 5) is 15.2. The third-order valence-electron chi connectivity index (χ3n) is 7.45. The van der Waals surface area contributed by atoms with Crippen LogP contribution in [-0.2, 0) is 11.3 Å². The molecule has 1 aliphatic rings. The summed E-state index contributed by atoms with van der Waals surface area (Å²) < 4.78 is 7.46. The van der Waals surface area contributed by atoms with E-state index < -0.39 is 0 Å². The van der Waals surface area contributed by atoms with Crippen molar-refractivity contribution in [3.63, 3.8) is 0 Å². The highest BCUT2D eigenvalue weighted by molar-refractivity contribution is 6.30. The minimum absolute atomic E-state index is 0.0183. The highest BCUT2D eigenvalue weighted by Crippen LogP contribution is 2.25. The van der Waals surface area contributed by atoms with Gasteiger partial charge in [-0.05, 0) is 79.5 Å². The Morgan fingerprint density at radius 3 is 2.68 bits per heavy atom. The quantitative estimate of drug-likeness (QED) is 0.276. The number of nitrogens with one attached hydrogen (secondary N) is 1. The summed E-state index contributed by atoms with van der Waals surface area (Å²) >= 11 is 6.02. The Morgan fingerprint density at radius 1 is 1.18 bits per heavy atom. The van der Waals surface area contributed by atoms with E-state index in [0.717, 1.165) is 103 Å². The van der Waals surface area contributed by atoms with Gasteiger partial charge in [0.1, 0.15) is 0 Å². The number of amides is 1. The van der Waals surface area contributed by atoms with E-state index in [0.29, 0.717) is 12.5 Å². The third kappa shape index (κ3) is 7.92. The molecule has 0 radical (unpaired) electrons. The van der Waals surface area contributed by atoms with Gasteiger partial charge in [-0.25, -0.2) is 0 Å². The lowest BCUT2D eigenvalue weighted by atomic mass is 9.94. The molecule has 38 heavy (non-hydrogen) atoms. The zero-order valence-electron chi connectivity index (χ0n) is 22.8. The van der Waals surface area contributed by atoms with Crippen LogP contribution in [0.3, 0.4) is 0 Å². The smallest absolute Gasteiger partial charge is 0.251 e. The molecule has 0 spiro atoms.